The first-order chi connectivity index (χ1) is 9.40. The Balaban J connectivity index is 2.18. The lowest BCUT2D eigenvalue weighted by atomic mass is 9.93. The van der Waals surface area contributed by atoms with Crippen molar-refractivity contribution in [2.24, 2.45) is 0 Å². The van der Waals surface area contributed by atoms with Gasteiger partial charge in [0.2, 0.25) is 0 Å². The van der Waals surface area contributed by atoms with Crippen molar-refractivity contribution in [2.75, 3.05) is 13.2 Å². The first-order valence-corrected chi connectivity index (χ1v) is 6.61. The van der Waals surface area contributed by atoms with Gasteiger partial charge in [0.25, 0.3) is 5.91 Å². The maximum atomic E-state index is 12.3. The standard InChI is InChI=1S/C15H19NO4/c1-10-5-11(2)7-12(6-10)14(19)16-15(8-13(17)18)3-4-20-9-15/h5-7H,3-4,8-9H2,1-2H3,(H,16,19)(H,17,18). The van der Waals surface area contributed by atoms with Crippen LogP contribution in [0.1, 0.15) is 34.3 Å². The van der Waals surface area contributed by atoms with E-state index < -0.39 is 11.5 Å². The van der Waals surface area contributed by atoms with Crippen LogP contribution in [0.5, 0.6) is 0 Å². The van der Waals surface area contributed by atoms with E-state index in [9.17, 15) is 9.59 Å². The molecule has 0 aromatic heterocycles. The van der Waals surface area contributed by atoms with Crippen molar-refractivity contribution in [1.82, 2.24) is 5.32 Å². The Kier molecular flexibility index (Phi) is 4.09. The minimum absolute atomic E-state index is 0.121. The van der Waals surface area contributed by atoms with Crippen LogP contribution in [-0.2, 0) is 9.53 Å². The molecule has 1 aliphatic rings. The van der Waals surface area contributed by atoms with E-state index in [1.807, 2.05) is 19.9 Å². The van der Waals surface area contributed by atoms with E-state index in [0.29, 0.717) is 18.6 Å². The second-order valence-electron chi connectivity index (χ2n) is 5.48. The number of carbonyl (C=O) groups excluding carboxylic acids is 1. The summed E-state index contributed by atoms with van der Waals surface area (Å²) >= 11 is 0. The van der Waals surface area contributed by atoms with Crippen LogP contribution < -0.4 is 5.32 Å². The maximum Gasteiger partial charge on any atom is 0.305 e. The fourth-order valence-electron chi connectivity index (χ4n) is 2.60. The maximum absolute atomic E-state index is 12.3. The monoisotopic (exact) mass is 277 g/mol. The molecule has 1 unspecified atom stereocenters. The highest BCUT2D eigenvalue weighted by molar-refractivity contribution is 5.95. The van der Waals surface area contributed by atoms with Crippen LogP contribution in [0.15, 0.2) is 18.2 Å². The molecule has 1 aromatic carbocycles. The average Bonchev–Trinajstić information content (AvgIpc) is 2.74. The Bertz CT molecular complexity index is 512. The van der Waals surface area contributed by atoms with E-state index in [4.69, 9.17) is 9.84 Å². The molecule has 108 valence electrons. The van der Waals surface area contributed by atoms with Crippen molar-refractivity contribution in [3.05, 3.63) is 34.9 Å². The lowest BCUT2D eigenvalue weighted by Gasteiger charge is -2.27. The summed E-state index contributed by atoms with van der Waals surface area (Å²) in [6.45, 7) is 4.57. The number of amides is 1. The Morgan fingerprint density at radius 1 is 1.30 bits per heavy atom. The molecule has 0 bridgehead atoms. The van der Waals surface area contributed by atoms with Crippen molar-refractivity contribution >= 4 is 11.9 Å². The Morgan fingerprint density at radius 2 is 1.95 bits per heavy atom. The molecule has 1 saturated heterocycles. The van der Waals surface area contributed by atoms with Crippen molar-refractivity contribution in [1.29, 1.82) is 0 Å². The number of ether oxygens (including phenoxy) is 1. The van der Waals surface area contributed by atoms with Crippen LogP contribution in [0.3, 0.4) is 0 Å². The lowest BCUT2D eigenvalue weighted by molar-refractivity contribution is -0.138. The average molecular weight is 277 g/mol. The zero-order valence-corrected chi connectivity index (χ0v) is 11.7. The number of hydrogen-bond acceptors (Lipinski definition) is 3. The van der Waals surface area contributed by atoms with Gasteiger partial charge in [0.15, 0.2) is 0 Å². The van der Waals surface area contributed by atoms with Gasteiger partial charge in [-0.05, 0) is 32.4 Å². The molecule has 1 amide bonds. The summed E-state index contributed by atoms with van der Waals surface area (Å²) in [6, 6.07) is 5.59. The van der Waals surface area contributed by atoms with Crippen LogP contribution in [0.25, 0.3) is 0 Å². The highest BCUT2D eigenvalue weighted by atomic mass is 16.5. The Morgan fingerprint density at radius 3 is 2.45 bits per heavy atom. The second kappa shape index (κ2) is 5.63. The van der Waals surface area contributed by atoms with Gasteiger partial charge in [0, 0.05) is 12.2 Å². The molecule has 1 aliphatic heterocycles. The summed E-state index contributed by atoms with van der Waals surface area (Å²) in [5.74, 6) is -1.18. The quantitative estimate of drug-likeness (QED) is 0.877. The summed E-state index contributed by atoms with van der Waals surface area (Å²) in [4.78, 5) is 23.3. The van der Waals surface area contributed by atoms with Crippen molar-refractivity contribution in [3.63, 3.8) is 0 Å². The predicted molar refractivity (Wildman–Crippen MR) is 73.8 cm³/mol. The number of carboxylic acids is 1. The van der Waals surface area contributed by atoms with Gasteiger partial charge in [-0.3, -0.25) is 9.59 Å². The fraction of sp³-hybridized carbons (Fsp3) is 0.467. The summed E-state index contributed by atoms with van der Waals surface area (Å²) in [5.41, 5.74) is 1.77. The van der Waals surface area contributed by atoms with E-state index in [2.05, 4.69) is 5.32 Å². The van der Waals surface area contributed by atoms with Crippen molar-refractivity contribution in [3.8, 4) is 0 Å². The summed E-state index contributed by atoms with van der Waals surface area (Å²) in [7, 11) is 0. The molecule has 1 atom stereocenters. The van der Waals surface area contributed by atoms with Crippen LogP contribution in [-0.4, -0.2) is 35.7 Å². The minimum Gasteiger partial charge on any atom is -0.481 e. The van der Waals surface area contributed by atoms with E-state index in [-0.39, 0.29) is 18.9 Å². The molecule has 0 aliphatic carbocycles. The highest BCUT2D eigenvalue weighted by Gasteiger charge is 2.38. The first kappa shape index (κ1) is 14.5. The lowest BCUT2D eigenvalue weighted by Crippen LogP contribution is -2.50. The van der Waals surface area contributed by atoms with Crippen LogP contribution in [0, 0.1) is 13.8 Å². The summed E-state index contributed by atoms with van der Waals surface area (Å²) < 4.78 is 5.27. The van der Waals surface area contributed by atoms with Gasteiger partial charge in [-0.15, -0.1) is 0 Å². The zero-order chi connectivity index (χ0) is 14.8. The van der Waals surface area contributed by atoms with Crippen molar-refractivity contribution in [2.45, 2.75) is 32.2 Å². The van der Waals surface area contributed by atoms with Crippen LogP contribution in [0.2, 0.25) is 0 Å². The summed E-state index contributed by atoms with van der Waals surface area (Å²) in [5, 5.41) is 11.9. The molecule has 5 nitrogen and oxygen atoms in total. The normalized spacial score (nSPS) is 21.7. The first-order valence-electron chi connectivity index (χ1n) is 6.61. The Labute approximate surface area is 117 Å². The highest BCUT2D eigenvalue weighted by Crippen LogP contribution is 2.23. The van der Waals surface area contributed by atoms with Gasteiger partial charge in [0.05, 0.1) is 18.6 Å². The molecule has 2 rings (SSSR count). The minimum atomic E-state index is -0.934. The topological polar surface area (TPSA) is 75.6 Å². The van der Waals surface area contributed by atoms with E-state index >= 15 is 0 Å². The number of hydrogen-bond donors (Lipinski definition) is 2. The Hall–Kier alpha value is -1.88. The van der Waals surface area contributed by atoms with E-state index in [1.165, 1.54) is 0 Å². The summed E-state index contributed by atoms with van der Waals surface area (Å²) in [6.07, 6.45) is 0.402. The molecule has 5 heteroatoms. The molecule has 1 fully saturated rings. The number of aliphatic carboxylic acids is 1. The smallest absolute Gasteiger partial charge is 0.305 e. The molecular formula is C15H19NO4. The third-order valence-corrected chi connectivity index (χ3v) is 3.46. The third kappa shape index (κ3) is 3.36. The second-order valence-corrected chi connectivity index (χ2v) is 5.48. The van der Waals surface area contributed by atoms with Gasteiger partial charge in [-0.2, -0.15) is 0 Å². The largest absolute Gasteiger partial charge is 0.481 e. The van der Waals surface area contributed by atoms with Gasteiger partial charge < -0.3 is 15.2 Å². The molecule has 0 saturated carbocycles. The number of carboxylic acid groups (broad SMARTS) is 1. The molecule has 2 N–H and O–H groups in total. The number of benzene rings is 1. The number of carbonyl (C=O) groups is 2. The number of aryl methyl sites for hydroxylation is 2. The van der Waals surface area contributed by atoms with Gasteiger partial charge in [0.1, 0.15) is 0 Å². The SMILES string of the molecule is Cc1cc(C)cc(C(=O)NC2(CC(=O)O)CCOC2)c1. The third-order valence-electron chi connectivity index (χ3n) is 3.46. The molecule has 1 aromatic rings. The van der Waals surface area contributed by atoms with Crippen LogP contribution >= 0.6 is 0 Å². The van der Waals surface area contributed by atoms with Crippen LogP contribution in [0.4, 0.5) is 0 Å². The number of nitrogens with one attached hydrogen (secondary N) is 1. The van der Waals surface area contributed by atoms with Crippen molar-refractivity contribution < 1.29 is 19.4 Å². The van der Waals surface area contributed by atoms with Gasteiger partial charge >= 0.3 is 5.97 Å². The molecule has 0 radical (unpaired) electrons. The molecule has 20 heavy (non-hydrogen) atoms. The fourth-order valence-corrected chi connectivity index (χ4v) is 2.60. The van der Waals surface area contributed by atoms with Gasteiger partial charge in [-0.25, -0.2) is 0 Å². The molecule has 0 spiro atoms. The van der Waals surface area contributed by atoms with Gasteiger partial charge in [-0.1, -0.05) is 17.2 Å². The molecular weight excluding hydrogens is 258 g/mol. The van der Waals surface area contributed by atoms with E-state index in [0.717, 1.165) is 11.1 Å². The predicted octanol–water partition coefficient (Wildman–Crippen LogP) is 1.67. The molecule has 1 heterocycles. The number of rotatable bonds is 4. The zero-order valence-electron chi connectivity index (χ0n) is 11.7. The van der Waals surface area contributed by atoms with E-state index in [1.54, 1.807) is 12.1 Å².